The van der Waals surface area contributed by atoms with E-state index in [2.05, 4.69) is 5.43 Å². The lowest BCUT2D eigenvalue weighted by molar-refractivity contribution is -0.117. The van der Waals surface area contributed by atoms with Gasteiger partial charge in [0, 0.05) is 13.0 Å². The molecule has 0 saturated carbocycles. The molecule has 60 valence electrons. The maximum absolute atomic E-state index is 10.4. The first-order chi connectivity index (χ1) is 4.77. The van der Waals surface area contributed by atoms with Gasteiger partial charge in [-0.05, 0) is 19.8 Å². The third kappa shape index (κ3) is 7.59. The van der Waals surface area contributed by atoms with E-state index in [1.54, 1.807) is 6.92 Å². The zero-order chi connectivity index (χ0) is 7.82. The number of unbranched alkanes of at least 4 members (excludes halogenated alkanes) is 2. The fourth-order valence-corrected chi connectivity index (χ4v) is 0.778. The van der Waals surface area contributed by atoms with E-state index in [1.807, 2.05) is 0 Å². The monoisotopic (exact) mass is 144 g/mol. The van der Waals surface area contributed by atoms with Crippen LogP contribution in [0.5, 0.6) is 0 Å². The topological polar surface area (TPSA) is 55.1 Å². The Morgan fingerprint density at radius 1 is 1.40 bits per heavy atom. The van der Waals surface area contributed by atoms with E-state index in [-0.39, 0.29) is 5.78 Å². The number of hydrogen-bond acceptors (Lipinski definition) is 3. The van der Waals surface area contributed by atoms with Crippen LogP contribution in [0.4, 0.5) is 0 Å². The summed E-state index contributed by atoms with van der Waals surface area (Å²) in [6.07, 6.45) is 3.86. The lowest BCUT2D eigenvalue weighted by Crippen LogP contribution is -2.22. The Bertz CT molecular complexity index is 93.6. The minimum Gasteiger partial charge on any atom is -0.300 e. The Hall–Kier alpha value is -0.410. The van der Waals surface area contributed by atoms with E-state index in [0.29, 0.717) is 6.42 Å². The van der Waals surface area contributed by atoms with Crippen molar-refractivity contribution >= 4 is 5.78 Å². The van der Waals surface area contributed by atoms with Crippen molar-refractivity contribution in [3.63, 3.8) is 0 Å². The van der Waals surface area contributed by atoms with Gasteiger partial charge in [-0.1, -0.05) is 6.42 Å². The zero-order valence-corrected chi connectivity index (χ0v) is 6.52. The Morgan fingerprint density at radius 3 is 2.60 bits per heavy atom. The Morgan fingerprint density at radius 2 is 2.10 bits per heavy atom. The molecule has 10 heavy (non-hydrogen) atoms. The summed E-state index contributed by atoms with van der Waals surface area (Å²) >= 11 is 0. The van der Waals surface area contributed by atoms with E-state index in [0.717, 1.165) is 25.8 Å². The van der Waals surface area contributed by atoms with Crippen LogP contribution in [-0.4, -0.2) is 12.3 Å². The first-order valence-corrected chi connectivity index (χ1v) is 3.70. The molecule has 0 radical (unpaired) electrons. The average Bonchev–Trinajstić information content (AvgIpc) is 1.87. The molecular formula is C7H16N2O. The van der Waals surface area contributed by atoms with Crippen molar-refractivity contribution in [2.24, 2.45) is 5.84 Å². The highest BCUT2D eigenvalue weighted by Crippen LogP contribution is 1.98. The molecule has 0 rings (SSSR count). The summed E-state index contributed by atoms with van der Waals surface area (Å²) in [7, 11) is 0. The van der Waals surface area contributed by atoms with Crippen LogP contribution < -0.4 is 11.3 Å². The predicted molar refractivity (Wildman–Crippen MR) is 41.3 cm³/mol. The molecule has 0 amide bonds. The number of nitrogens with one attached hydrogen (secondary N) is 1. The molecule has 0 spiro atoms. The van der Waals surface area contributed by atoms with E-state index in [4.69, 9.17) is 5.84 Å². The van der Waals surface area contributed by atoms with Crippen LogP contribution in [0.2, 0.25) is 0 Å². The SMILES string of the molecule is CC(=O)CCCCCNN. The van der Waals surface area contributed by atoms with Gasteiger partial charge in [-0.25, -0.2) is 0 Å². The standard InChI is InChI=1S/C7H16N2O/c1-7(10)5-3-2-4-6-9-8/h9H,2-6,8H2,1H3. The Balaban J connectivity index is 2.84. The highest BCUT2D eigenvalue weighted by Gasteiger charge is 1.92. The quantitative estimate of drug-likeness (QED) is 0.326. The summed E-state index contributed by atoms with van der Waals surface area (Å²) in [5.74, 6) is 5.33. The van der Waals surface area contributed by atoms with E-state index < -0.39 is 0 Å². The lowest BCUT2D eigenvalue weighted by atomic mass is 10.1. The maximum atomic E-state index is 10.4. The summed E-state index contributed by atoms with van der Waals surface area (Å²) in [6.45, 7) is 2.47. The summed E-state index contributed by atoms with van der Waals surface area (Å²) in [6, 6.07) is 0. The van der Waals surface area contributed by atoms with Gasteiger partial charge in [0.2, 0.25) is 0 Å². The largest absolute Gasteiger partial charge is 0.300 e. The van der Waals surface area contributed by atoms with E-state index in [1.165, 1.54) is 0 Å². The second-order valence-corrected chi connectivity index (χ2v) is 2.47. The van der Waals surface area contributed by atoms with Crippen molar-refractivity contribution in [1.29, 1.82) is 0 Å². The van der Waals surface area contributed by atoms with E-state index >= 15 is 0 Å². The minimum absolute atomic E-state index is 0.278. The number of nitrogens with two attached hydrogens (primary N) is 1. The van der Waals surface area contributed by atoms with Gasteiger partial charge in [0.1, 0.15) is 5.78 Å². The van der Waals surface area contributed by atoms with Crippen molar-refractivity contribution < 1.29 is 4.79 Å². The molecule has 0 aromatic rings. The second-order valence-electron chi connectivity index (χ2n) is 2.47. The van der Waals surface area contributed by atoms with Crippen molar-refractivity contribution in [2.45, 2.75) is 32.6 Å². The van der Waals surface area contributed by atoms with Gasteiger partial charge in [0.05, 0.1) is 0 Å². The second kappa shape index (κ2) is 6.71. The molecular weight excluding hydrogens is 128 g/mol. The molecule has 0 aliphatic heterocycles. The van der Waals surface area contributed by atoms with Crippen molar-refractivity contribution in [2.75, 3.05) is 6.54 Å². The molecule has 0 aromatic carbocycles. The van der Waals surface area contributed by atoms with E-state index in [9.17, 15) is 4.79 Å². The molecule has 0 atom stereocenters. The molecule has 0 aliphatic rings. The van der Waals surface area contributed by atoms with Crippen LogP contribution in [-0.2, 0) is 4.79 Å². The first kappa shape index (κ1) is 9.59. The molecule has 3 heteroatoms. The van der Waals surface area contributed by atoms with Crippen LogP contribution >= 0.6 is 0 Å². The van der Waals surface area contributed by atoms with Gasteiger partial charge < -0.3 is 4.79 Å². The number of carbonyl (C=O) groups is 1. The summed E-state index contributed by atoms with van der Waals surface area (Å²) in [4.78, 5) is 10.4. The number of hydrogen-bond donors (Lipinski definition) is 2. The zero-order valence-electron chi connectivity index (χ0n) is 6.52. The Labute approximate surface area is 62.0 Å². The lowest BCUT2D eigenvalue weighted by Gasteiger charge is -1.97. The highest BCUT2D eigenvalue weighted by atomic mass is 16.1. The fourth-order valence-electron chi connectivity index (χ4n) is 0.778. The molecule has 3 nitrogen and oxygen atoms in total. The van der Waals surface area contributed by atoms with Gasteiger partial charge in [0.15, 0.2) is 0 Å². The van der Waals surface area contributed by atoms with Crippen molar-refractivity contribution in [3.05, 3.63) is 0 Å². The molecule has 0 aromatic heterocycles. The Kier molecular flexibility index (Phi) is 6.43. The summed E-state index contributed by atoms with van der Waals surface area (Å²) < 4.78 is 0. The molecule has 0 saturated heterocycles. The maximum Gasteiger partial charge on any atom is 0.129 e. The average molecular weight is 144 g/mol. The molecule has 0 aliphatic carbocycles. The molecule has 3 N–H and O–H groups in total. The minimum atomic E-state index is 0.278. The third-order valence-corrected chi connectivity index (χ3v) is 1.35. The summed E-state index contributed by atoms with van der Waals surface area (Å²) in [5, 5.41) is 0. The first-order valence-electron chi connectivity index (χ1n) is 3.70. The number of hydrazine groups is 1. The van der Waals surface area contributed by atoms with Crippen LogP contribution in [0, 0.1) is 0 Å². The van der Waals surface area contributed by atoms with Crippen LogP contribution in [0.1, 0.15) is 32.6 Å². The van der Waals surface area contributed by atoms with Gasteiger partial charge in [-0.3, -0.25) is 11.3 Å². The van der Waals surface area contributed by atoms with Crippen molar-refractivity contribution in [3.8, 4) is 0 Å². The molecule has 0 fully saturated rings. The summed E-state index contributed by atoms with van der Waals surface area (Å²) in [5.41, 5.74) is 2.57. The third-order valence-electron chi connectivity index (χ3n) is 1.35. The van der Waals surface area contributed by atoms with Gasteiger partial charge in [-0.2, -0.15) is 0 Å². The number of Topliss-reactive ketones (excluding diaryl/α,β-unsaturated/α-hetero) is 1. The molecule has 0 heterocycles. The smallest absolute Gasteiger partial charge is 0.129 e. The van der Waals surface area contributed by atoms with Crippen LogP contribution in [0.3, 0.4) is 0 Å². The number of carbonyl (C=O) groups excluding carboxylic acids is 1. The fraction of sp³-hybridized carbons (Fsp3) is 0.857. The van der Waals surface area contributed by atoms with Crippen LogP contribution in [0.25, 0.3) is 0 Å². The van der Waals surface area contributed by atoms with Crippen LogP contribution in [0.15, 0.2) is 0 Å². The molecule has 0 bridgehead atoms. The number of rotatable bonds is 6. The van der Waals surface area contributed by atoms with Gasteiger partial charge in [-0.15, -0.1) is 0 Å². The normalized spacial score (nSPS) is 9.80. The predicted octanol–water partition coefficient (Wildman–Crippen LogP) is 0.599. The highest BCUT2D eigenvalue weighted by molar-refractivity contribution is 5.75. The molecule has 0 unspecified atom stereocenters. The van der Waals surface area contributed by atoms with Gasteiger partial charge in [0.25, 0.3) is 0 Å². The van der Waals surface area contributed by atoms with Gasteiger partial charge >= 0.3 is 0 Å². The number of ketones is 1. The van der Waals surface area contributed by atoms with Crippen molar-refractivity contribution in [1.82, 2.24) is 5.43 Å².